The minimum absolute atomic E-state index is 0.000000000000000222. The van der Waals surface area contributed by atoms with Crippen LogP contribution in [-0.2, 0) is 11.2 Å². The Bertz CT molecular complexity index is 397. The van der Waals surface area contributed by atoms with Crippen molar-refractivity contribution in [2.45, 2.75) is 25.3 Å². The quantitative estimate of drug-likeness (QED) is 0.722. The summed E-state index contributed by atoms with van der Waals surface area (Å²) in [5.41, 5.74) is 1.55. The van der Waals surface area contributed by atoms with Crippen molar-refractivity contribution in [3.63, 3.8) is 0 Å². The number of nitrogens with one attached hydrogen (secondary N) is 1. The molecule has 1 heterocycles. The van der Waals surface area contributed by atoms with Crippen molar-refractivity contribution in [3.8, 4) is 5.75 Å². The van der Waals surface area contributed by atoms with Gasteiger partial charge in [-0.2, -0.15) is 0 Å². The molecule has 0 bridgehead atoms. The number of aromatic hydroxyl groups is 1. The van der Waals surface area contributed by atoms with Gasteiger partial charge in [0, 0.05) is 11.6 Å². The molecular weight excluding hydrogens is 206 g/mol. The summed E-state index contributed by atoms with van der Waals surface area (Å²) >= 11 is 0. The molecule has 0 unspecified atom stereocenters. The summed E-state index contributed by atoms with van der Waals surface area (Å²) in [6.45, 7) is 0.952. The Kier molecular flexibility index (Phi) is 3.10. The lowest BCUT2D eigenvalue weighted by Crippen LogP contribution is -2.13. The molecule has 1 aromatic rings. The van der Waals surface area contributed by atoms with Crippen LogP contribution >= 0.6 is 0 Å². The minimum Gasteiger partial charge on any atom is -0.508 e. The second-order valence-electron chi connectivity index (χ2n) is 4.11. The maximum absolute atomic E-state index is 10.6. The number of aliphatic carboxylic acids is 1. The predicted octanol–water partition coefficient (Wildman–Crippen LogP) is 1.44. The first-order valence-electron chi connectivity index (χ1n) is 5.44. The highest BCUT2D eigenvalue weighted by atomic mass is 16.4. The van der Waals surface area contributed by atoms with E-state index in [-0.39, 0.29) is 18.2 Å². The van der Waals surface area contributed by atoms with Gasteiger partial charge in [0.15, 0.2) is 0 Å². The molecule has 0 amide bonds. The molecule has 0 saturated carbocycles. The normalized spacial score (nSPS) is 19.9. The SMILES string of the molecule is O=C(O)Cc1ccc(O)c([C@H]2CCCN2)c1. The average molecular weight is 221 g/mol. The minimum atomic E-state index is -0.851. The Morgan fingerprint density at radius 2 is 2.31 bits per heavy atom. The molecule has 0 aromatic heterocycles. The van der Waals surface area contributed by atoms with Crippen molar-refractivity contribution in [2.75, 3.05) is 6.54 Å². The molecule has 4 heteroatoms. The third-order valence-corrected chi connectivity index (χ3v) is 2.88. The summed E-state index contributed by atoms with van der Waals surface area (Å²) < 4.78 is 0. The maximum atomic E-state index is 10.6. The van der Waals surface area contributed by atoms with Crippen LogP contribution in [0.4, 0.5) is 0 Å². The first kappa shape index (κ1) is 11.0. The van der Waals surface area contributed by atoms with Crippen molar-refractivity contribution >= 4 is 5.97 Å². The topological polar surface area (TPSA) is 69.6 Å². The van der Waals surface area contributed by atoms with E-state index < -0.39 is 5.97 Å². The number of carbonyl (C=O) groups is 1. The van der Waals surface area contributed by atoms with Gasteiger partial charge in [-0.25, -0.2) is 0 Å². The van der Waals surface area contributed by atoms with Gasteiger partial charge in [0.25, 0.3) is 0 Å². The lowest BCUT2D eigenvalue weighted by molar-refractivity contribution is -0.136. The van der Waals surface area contributed by atoms with Gasteiger partial charge in [-0.15, -0.1) is 0 Å². The Labute approximate surface area is 93.9 Å². The van der Waals surface area contributed by atoms with E-state index >= 15 is 0 Å². The first-order chi connectivity index (χ1) is 7.66. The maximum Gasteiger partial charge on any atom is 0.307 e. The van der Waals surface area contributed by atoms with Crippen molar-refractivity contribution in [1.29, 1.82) is 0 Å². The zero-order valence-electron chi connectivity index (χ0n) is 8.94. The second kappa shape index (κ2) is 4.53. The van der Waals surface area contributed by atoms with Crippen molar-refractivity contribution in [2.24, 2.45) is 0 Å². The van der Waals surface area contributed by atoms with Crippen LogP contribution in [0.15, 0.2) is 18.2 Å². The average Bonchev–Trinajstić information content (AvgIpc) is 2.73. The van der Waals surface area contributed by atoms with Crippen LogP contribution in [0.3, 0.4) is 0 Å². The number of carboxylic acid groups (broad SMARTS) is 1. The molecule has 1 saturated heterocycles. The summed E-state index contributed by atoms with van der Waals surface area (Å²) in [7, 11) is 0. The van der Waals surface area contributed by atoms with E-state index in [2.05, 4.69) is 5.32 Å². The Hall–Kier alpha value is -1.55. The van der Waals surface area contributed by atoms with E-state index in [1.165, 1.54) is 0 Å². The fourth-order valence-electron chi connectivity index (χ4n) is 2.12. The van der Waals surface area contributed by atoms with E-state index in [0.29, 0.717) is 0 Å². The molecule has 0 aliphatic carbocycles. The van der Waals surface area contributed by atoms with Crippen molar-refractivity contribution in [1.82, 2.24) is 5.32 Å². The van der Waals surface area contributed by atoms with Crippen LogP contribution < -0.4 is 5.32 Å². The molecule has 3 N–H and O–H groups in total. The molecule has 1 aliphatic heterocycles. The molecular formula is C12H15NO3. The van der Waals surface area contributed by atoms with Gasteiger partial charge < -0.3 is 15.5 Å². The third kappa shape index (κ3) is 2.33. The van der Waals surface area contributed by atoms with Gasteiger partial charge >= 0.3 is 5.97 Å². The molecule has 0 spiro atoms. The molecule has 4 nitrogen and oxygen atoms in total. The van der Waals surface area contributed by atoms with Gasteiger partial charge in [-0.1, -0.05) is 6.07 Å². The molecule has 0 radical (unpaired) electrons. The number of carboxylic acids is 1. The monoisotopic (exact) mass is 221 g/mol. The van der Waals surface area contributed by atoms with Gasteiger partial charge in [0.1, 0.15) is 5.75 Å². The van der Waals surface area contributed by atoms with Gasteiger partial charge in [-0.05, 0) is 37.1 Å². The van der Waals surface area contributed by atoms with Crippen LogP contribution in [0.1, 0.15) is 30.0 Å². The lowest BCUT2D eigenvalue weighted by atomic mass is 10.00. The van der Waals surface area contributed by atoms with Crippen molar-refractivity contribution in [3.05, 3.63) is 29.3 Å². The van der Waals surface area contributed by atoms with Gasteiger partial charge in [0.2, 0.25) is 0 Å². The highest BCUT2D eigenvalue weighted by molar-refractivity contribution is 5.70. The smallest absolute Gasteiger partial charge is 0.307 e. The fourth-order valence-corrected chi connectivity index (χ4v) is 2.12. The highest BCUT2D eigenvalue weighted by Gasteiger charge is 2.19. The van der Waals surface area contributed by atoms with Crippen LogP contribution in [0.5, 0.6) is 5.75 Å². The molecule has 1 aliphatic rings. The van der Waals surface area contributed by atoms with Crippen LogP contribution in [0.25, 0.3) is 0 Å². The zero-order chi connectivity index (χ0) is 11.5. The summed E-state index contributed by atoms with van der Waals surface area (Å²) in [5, 5.41) is 21.7. The summed E-state index contributed by atoms with van der Waals surface area (Å²) in [6.07, 6.45) is 2.08. The number of hydrogen-bond donors (Lipinski definition) is 3. The zero-order valence-corrected chi connectivity index (χ0v) is 8.94. The Morgan fingerprint density at radius 3 is 2.94 bits per heavy atom. The number of phenols is 1. The predicted molar refractivity (Wildman–Crippen MR) is 59.4 cm³/mol. The van der Waals surface area contributed by atoms with Crippen LogP contribution in [0, 0.1) is 0 Å². The highest BCUT2D eigenvalue weighted by Crippen LogP contribution is 2.30. The molecule has 1 atom stereocenters. The number of phenolic OH excluding ortho intramolecular Hbond substituents is 1. The number of benzene rings is 1. The Morgan fingerprint density at radius 1 is 1.50 bits per heavy atom. The van der Waals surface area contributed by atoms with Crippen molar-refractivity contribution < 1.29 is 15.0 Å². The molecule has 86 valence electrons. The van der Waals surface area contributed by atoms with E-state index in [9.17, 15) is 9.90 Å². The number of rotatable bonds is 3. The summed E-state index contributed by atoms with van der Waals surface area (Å²) in [5.74, 6) is -0.607. The molecule has 2 rings (SSSR count). The molecule has 1 fully saturated rings. The molecule has 1 aromatic carbocycles. The van der Waals surface area contributed by atoms with Crippen LogP contribution in [0.2, 0.25) is 0 Å². The lowest BCUT2D eigenvalue weighted by Gasteiger charge is -2.13. The van der Waals surface area contributed by atoms with E-state index in [0.717, 1.165) is 30.5 Å². The van der Waals surface area contributed by atoms with E-state index in [1.54, 1.807) is 18.2 Å². The summed E-state index contributed by atoms with van der Waals surface area (Å²) in [4.78, 5) is 10.6. The largest absolute Gasteiger partial charge is 0.508 e. The van der Waals surface area contributed by atoms with E-state index in [4.69, 9.17) is 5.11 Å². The van der Waals surface area contributed by atoms with Gasteiger partial charge in [-0.3, -0.25) is 4.79 Å². The summed E-state index contributed by atoms with van der Waals surface area (Å²) in [6, 6.07) is 5.18. The Balaban J connectivity index is 2.24. The first-order valence-corrected chi connectivity index (χ1v) is 5.44. The standard InChI is InChI=1S/C12H15NO3/c14-11-4-3-8(7-12(15)16)6-9(11)10-2-1-5-13-10/h3-4,6,10,13-14H,1-2,5,7H2,(H,15,16)/t10-/m1/s1. The third-order valence-electron chi connectivity index (χ3n) is 2.88. The van der Waals surface area contributed by atoms with Gasteiger partial charge in [0.05, 0.1) is 6.42 Å². The fraction of sp³-hybridized carbons (Fsp3) is 0.417. The van der Waals surface area contributed by atoms with E-state index in [1.807, 2.05) is 0 Å². The van der Waals surface area contributed by atoms with Crippen LogP contribution in [-0.4, -0.2) is 22.7 Å². The second-order valence-corrected chi connectivity index (χ2v) is 4.11. The molecule has 16 heavy (non-hydrogen) atoms. The number of hydrogen-bond acceptors (Lipinski definition) is 3.